The minimum Gasteiger partial charge on any atom is -0.468 e. The predicted octanol–water partition coefficient (Wildman–Crippen LogP) is 2.70. The van der Waals surface area contributed by atoms with Gasteiger partial charge in [0.05, 0.1) is 0 Å². The number of imidazole rings is 1. The second-order valence-electron chi connectivity index (χ2n) is 7.47. The maximum atomic E-state index is 6.05. The third-order valence-electron chi connectivity index (χ3n) is 4.28. The van der Waals surface area contributed by atoms with E-state index in [1.807, 2.05) is 30.8 Å². The molecule has 4 aromatic rings. The van der Waals surface area contributed by atoms with E-state index in [4.69, 9.17) is 9.26 Å². The molecule has 0 bridgehead atoms. The van der Waals surface area contributed by atoms with Gasteiger partial charge in [-0.15, -0.1) is 15.3 Å². The lowest BCUT2D eigenvalue weighted by atomic mass is 9.88. The number of fused-ring (bicyclic) bond motifs is 1. The summed E-state index contributed by atoms with van der Waals surface area (Å²) in [4.78, 5) is 4.30. The first kappa shape index (κ1) is 17.2. The van der Waals surface area contributed by atoms with E-state index in [2.05, 4.69) is 46.2 Å². The minimum absolute atomic E-state index is 0.178. The number of hydrogen-bond donors (Lipinski definition) is 0. The van der Waals surface area contributed by atoms with Crippen molar-refractivity contribution in [3.8, 4) is 17.4 Å². The molecule has 0 radical (unpaired) electrons. The van der Waals surface area contributed by atoms with Crippen molar-refractivity contribution >= 4 is 5.65 Å². The average Bonchev–Trinajstić information content (AvgIpc) is 3.31. The van der Waals surface area contributed by atoms with E-state index in [0.29, 0.717) is 35.4 Å². The fourth-order valence-corrected chi connectivity index (χ4v) is 2.76. The highest BCUT2D eigenvalue weighted by Gasteiger charge is 2.24. The highest BCUT2D eigenvalue weighted by Crippen LogP contribution is 2.31. The third-order valence-corrected chi connectivity index (χ3v) is 4.28. The van der Waals surface area contributed by atoms with E-state index in [-0.39, 0.29) is 5.41 Å². The van der Waals surface area contributed by atoms with E-state index in [9.17, 15) is 0 Å². The van der Waals surface area contributed by atoms with Crippen molar-refractivity contribution in [1.82, 2.24) is 34.5 Å². The van der Waals surface area contributed by atoms with Gasteiger partial charge < -0.3 is 13.8 Å². The van der Waals surface area contributed by atoms with E-state index in [1.54, 1.807) is 16.8 Å². The van der Waals surface area contributed by atoms with Gasteiger partial charge in [0.15, 0.2) is 11.3 Å². The maximum absolute atomic E-state index is 6.05. The molecule has 4 aromatic heterocycles. The molecule has 0 unspecified atom stereocenters. The molecule has 0 N–H and O–H groups in total. The molecule has 0 amide bonds. The summed E-state index contributed by atoms with van der Waals surface area (Å²) in [5.41, 5.74) is 1.97. The fraction of sp³-hybridized carbons (Fsp3) is 0.389. The van der Waals surface area contributed by atoms with Gasteiger partial charge in [-0.05, 0) is 18.4 Å². The van der Waals surface area contributed by atoms with Gasteiger partial charge >= 0.3 is 0 Å². The molecule has 0 aliphatic rings. The first-order valence-corrected chi connectivity index (χ1v) is 8.62. The highest BCUT2D eigenvalue weighted by atomic mass is 16.5. The standard InChI is InChI=1S/C18H21N7O2/c1-11-8-13(23-27-11)16-21-20-14-9-12(18(2,3)4)17(22-25(14)16)26-10-15-19-6-7-24(15)5/h6-9H,10H2,1-5H3. The van der Waals surface area contributed by atoms with E-state index >= 15 is 0 Å². The van der Waals surface area contributed by atoms with E-state index in [1.165, 1.54) is 0 Å². The molecule has 0 fully saturated rings. The fourth-order valence-electron chi connectivity index (χ4n) is 2.76. The lowest BCUT2D eigenvalue weighted by Gasteiger charge is -2.21. The summed E-state index contributed by atoms with van der Waals surface area (Å²) in [6.07, 6.45) is 3.62. The summed E-state index contributed by atoms with van der Waals surface area (Å²) in [7, 11) is 1.93. The van der Waals surface area contributed by atoms with Crippen LogP contribution in [-0.2, 0) is 19.1 Å². The SMILES string of the molecule is Cc1cc(-c2nnc3cc(C(C)(C)C)c(OCc4nccn4C)nn23)no1. The van der Waals surface area contributed by atoms with Crippen LogP contribution in [0, 0.1) is 6.92 Å². The van der Waals surface area contributed by atoms with Crippen LogP contribution < -0.4 is 4.74 Å². The molecule has 0 aliphatic heterocycles. The Morgan fingerprint density at radius 2 is 2.00 bits per heavy atom. The van der Waals surface area contributed by atoms with Crippen LogP contribution >= 0.6 is 0 Å². The van der Waals surface area contributed by atoms with Crippen LogP contribution in [0.4, 0.5) is 0 Å². The monoisotopic (exact) mass is 367 g/mol. The molecule has 140 valence electrons. The van der Waals surface area contributed by atoms with Crippen molar-refractivity contribution in [2.24, 2.45) is 7.05 Å². The van der Waals surface area contributed by atoms with Crippen LogP contribution in [-0.4, -0.2) is 34.5 Å². The molecular weight excluding hydrogens is 346 g/mol. The zero-order chi connectivity index (χ0) is 19.2. The van der Waals surface area contributed by atoms with Gasteiger partial charge in [-0.3, -0.25) is 0 Å². The molecule has 9 heteroatoms. The summed E-state index contributed by atoms with van der Waals surface area (Å²) >= 11 is 0. The maximum Gasteiger partial charge on any atom is 0.236 e. The van der Waals surface area contributed by atoms with Gasteiger partial charge in [0.1, 0.15) is 18.2 Å². The largest absolute Gasteiger partial charge is 0.468 e. The van der Waals surface area contributed by atoms with Gasteiger partial charge in [0.2, 0.25) is 11.7 Å². The Bertz CT molecular complexity index is 1100. The number of nitrogens with zero attached hydrogens (tertiary/aromatic N) is 7. The van der Waals surface area contributed by atoms with Gasteiger partial charge in [-0.25, -0.2) is 4.98 Å². The summed E-state index contributed by atoms with van der Waals surface area (Å²) in [5.74, 6) is 2.52. The molecule has 0 spiro atoms. The van der Waals surface area contributed by atoms with Crippen molar-refractivity contribution in [3.05, 3.63) is 41.7 Å². The summed E-state index contributed by atoms with van der Waals surface area (Å²) in [6.45, 7) is 8.45. The molecule has 0 saturated carbocycles. The average molecular weight is 367 g/mol. The van der Waals surface area contributed by atoms with Crippen LogP contribution in [0.5, 0.6) is 5.88 Å². The number of ether oxygens (including phenoxy) is 1. The number of hydrogen-bond acceptors (Lipinski definition) is 7. The smallest absolute Gasteiger partial charge is 0.236 e. The Morgan fingerprint density at radius 1 is 1.19 bits per heavy atom. The first-order chi connectivity index (χ1) is 12.8. The Hall–Kier alpha value is -3.23. The minimum atomic E-state index is -0.178. The van der Waals surface area contributed by atoms with Crippen molar-refractivity contribution < 1.29 is 9.26 Å². The Balaban J connectivity index is 1.80. The molecule has 0 aliphatic carbocycles. The molecule has 4 rings (SSSR count). The topological polar surface area (TPSA) is 96.2 Å². The van der Waals surface area contributed by atoms with Gasteiger partial charge in [-0.2, -0.15) is 4.52 Å². The van der Waals surface area contributed by atoms with Gasteiger partial charge in [-0.1, -0.05) is 25.9 Å². The summed E-state index contributed by atoms with van der Waals surface area (Å²) < 4.78 is 14.7. The predicted molar refractivity (Wildman–Crippen MR) is 97.3 cm³/mol. The Kier molecular flexibility index (Phi) is 3.94. The summed E-state index contributed by atoms with van der Waals surface area (Å²) in [6, 6.07) is 3.74. The lowest BCUT2D eigenvalue weighted by Crippen LogP contribution is -2.17. The first-order valence-electron chi connectivity index (χ1n) is 8.62. The Labute approximate surface area is 156 Å². The molecule has 27 heavy (non-hydrogen) atoms. The Morgan fingerprint density at radius 3 is 2.63 bits per heavy atom. The zero-order valence-corrected chi connectivity index (χ0v) is 16.0. The van der Waals surface area contributed by atoms with Crippen molar-refractivity contribution in [2.45, 2.75) is 39.7 Å². The normalized spacial score (nSPS) is 12.0. The number of rotatable bonds is 4. The van der Waals surface area contributed by atoms with Crippen molar-refractivity contribution in [3.63, 3.8) is 0 Å². The zero-order valence-electron chi connectivity index (χ0n) is 16.0. The summed E-state index contributed by atoms with van der Waals surface area (Å²) in [5, 5.41) is 17.1. The molecule has 4 heterocycles. The van der Waals surface area contributed by atoms with Crippen molar-refractivity contribution in [1.29, 1.82) is 0 Å². The van der Waals surface area contributed by atoms with E-state index < -0.39 is 0 Å². The van der Waals surface area contributed by atoms with Gasteiger partial charge in [0.25, 0.3) is 0 Å². The molecular formula is C18H21N7O2. The molecule has 9 nitrogen and oxygen atoms in total. The van der Waals surface area contributed by atoms with Crippen LogP contribution in [0.25, 0.3) is 17.2 Å². The van der Waals surface area contributed by atoms with Crippen LogP contribution in [0.3, 0.4) is 0 Å². The quantitative estimate of drug-likeness (QED) is 0.547. The third kappa shape index (κ3) is 3.16. The van der Waals surface area contributed by atoms with Crippen LogP contribution in [0.1, 0.15) is 37.9 Å². The number of aryl methyl sites for hydroxylation is 2. The second kappa shape index (κ2) is 6.19. The van der Waals surface area contributed by atoms with Gasteiger partial charge in [0, 0.05) is 31.1 Å². The van der Waals surface area contributed by atoms with Crippen molar-refractivity contribution in [2.75, 3.05) is 0 Å². The van der Waals surface area contributed by atoms with Crippen LogP contribution in [0.15, 0.2) is 29.0 Å². The number of aromatic nitrogens is 7. The lowest BCUT2D eigenvalue weighted by molar-refractivity contribution is 0.268. The van der Waals surface area contributed by atoms with E-state index in [0.717, 1.165) is 11.4 Å². The molecule has 0 aromatic carbocycles. The van der Waals surface area contributed by atoms with Crippen LogP contribution in [0.2, 0.25) is 0 Å². The second-order valence-corrected chi connectivity index (χ2v) is 7.47. The highest BCUT2D eigenvalue weighted by molar-refractivity contribution is 5.56. The molecule has 0 atom stereocenters. The molecule has 0 saturated heterocycles.